The Bertz CT molecular complexity index is 370. The molecule has 0 amide bonds. The maximum absolute atomic E-state index is 8.85. The van der Waals surface area contributed by atoms with Crippen LogP contribution < -0.4 is 0 Å². The van der Waals surface area contributed by atoms with Crippen molar-refractivity contribution in [2.75, 3.05) is 0 Å². The van der Waals surface area contributed by atoms with Crippen molar-refractivity contribution in [1.82, 2.24) is 4.98 Å². The zero-order chi connectivity index (χ0) is 9.97. The van der Waals surface area contributed by atoms with E-state index in [1.54, 1.807) is 0 Å². The Labute approximate surface area is 84.6 Å². The lowest BCUT2D eigenvalue weighted by Gasteiger charge is -2.09. The summed E-state index contributed by atoms with van der Waals surface area (Å²) in [6.45, 7) is 1.96. The summed E-state index contributed by atoms with van der Waals surface area (Å²) in [6.07, 6.45) is 5.09. The molecule has 72 valence electrons. The zero-order valence-electron chi connectivity index (χ0n) is 8.45. The highest BCUT2D eigenvalue weighted by atomic mass is 14.7. The Morgan fingerprint density at radius 2 is 2.07 bits per heavy atom. The van der Waals surface area contributed by atoms with E-state index in [0.717, 1.165) is 17.0 Å². The van der Waals surface area contributed by atoms with Crippen LogP contribution >= 0.6 is 0 Å². The number of hydrogen-bond donors (Lipinski definition) is 0. The second-order valence-corrected chi connectivity index (χ2v) is 4.02. The standard InChI is InChI=1S/C12H14N2/c1-9-6-10(8-13)7-12(14-9)11-4-2-3-5-11/h6-7,11H,2-5H2,1H3. The molecule has 14 heavy (non-hydrogen) atoms. The molecule has 1 aromatic rings. The molecule has 0 bridgehead atoms. The van der Waals surface area contributed by atoms with Gasteiger partial charge in [0, 0.05) is 17.3 Å². The maximum atomic E-state index is 8.85. The second kappa shape index (κ2) is 3.79. The van der Waals surface area contributed by atoms with Crippen LogP contribution in [0.4, 0.5) is 0 Å². The van der Waals surface area contributed by atoms with Crippen molar-refractivity contribution in [3.63, 3.8) is 0 Å². The third-order valence-corrected chi connectivity index (χ3v) is 2.88. The van der Waals surface area contributed by atoms with E-state index in [-0.39, 0.29) is 0 Å². The third kappa shape index (κ3) is 1.77. The third-order valence-electron chi connectivity index (χ3n) is 2.88. The number of nitrogens with zero attached hydrogens (tertiary/aromatic N) is 2. The van der Waals surface area contributed by atoms with Gasteiger partial charge in [0.15, 0.2) is 0 Å². The van der Waals surface area contributed by atoms with E-state index in [9.17, 15) is 0 Å². The molecule has 1 saturated carbocycles. The molecule has 1 heterocycles. The quantitative estimate of drug-likeness (QED) is 0.676. The number of pyridine rings is 1. The Balaban J connectivity index is 2.33. The fourth-order valence-corrected chi connectivity index (χ4v) is 2.19. The molecule has 1 aliphatic carbocycles. The normalized spacial score (nSPS) is 16.9. The van der Waals surface area contributed by atoms with E-state index in [2.05, 4.69) is 11.1 Å². The molecule has 1 aromatic heterocycles. The van der Waals surface area contributed by atoms with Gasteiger partial charge in [-0.3, -0.25) is 4.98 Å². The van der Waals surface area contributed by atoms with Crippen molar-refractivity contribution >= 4 is 0 Å². The number of aryl methyl sites for hydroxylation is 1. The van der Waals surface area contributed by atoms with Gasteiger partial charge < -0.3 is 0 Å². The molecule has 0 aromatic carbocycles. The van der Waals surface area contributed by atoms with E-state index in [0.29, 0.717) is 5.92 Å². The summed E-state index contributed by atoms with van der Waals surface area (Å²) < 4.78 is 0. The summed E-state index contributed by atoms with van der Waals surface area (Å²) in [7, 11) is 0. The minimum Gasteiger partial charge on any atom is -0.258 e. The molecule has 2 heteroatoms. The molecule has 2 rings (SSSR count). The van der Waals surface area contributed by atoms with Crippen LogP contribution in [-0.2, 0) is 0 Å². The highest BCUT2D eigenvalue weighted by Gasteiger charge is 2.18. The topological polar surface area (TPSA) is 36.7 Å². The highest BCUT2D eigenvalue weighted by Crippen LogP contribution is 2.33. The summed E-state index contributed by atoms with van der Waals surface area (Å²) in [5.74, 6) is 0.599. The molecule has 0 atom stereocenters. The smallest absolute Gasteiger partial charge is 0.0992 e. The molecule has 0 radical (unpaired) electrons. The van der Waals surface area contributed by atoms with Crippen molar-refractivity contribution < 1.29 is 0 Å². The minimum atomic E-state index is 0.599. The summed E-state index contributed by atoms with van der Waals surface area (Å²) in [4.78, 5) is 4.51. The van der Waals surface area contributed by atoms with Crippen molar-refractivity contribution in [3.05, 3.63) is 29.1 Å². The van der Waals surface area contributed by atoms with Crippen LogP contribution in [0.3, 0.4) is 0 Å². The van der Waals surface area contributed by atoms with E-state index >= 15 is 0 Å². The van der Waals surface area contributed by atoms with Gasteiger partial charge in [-0.25, -0.2) is 0 Å². The summed E-state index contributed by atoms with van der Waals surface area (Å²) >= 11 is 0. The second-order valence-electron chi connectivity index (χ2n) is 4.02. The maximum Gasteiger partial charge on any atom is 0.0992 e. The Kier molecular flexibility index (Phi) is 2.49. The fourth-order valence-electron chi connectivity index (χ4n) is 2.19. The molecule has 0 spiro atoms. The molecule has 1 fully saturated rings. The summed E-state index contributed by atoms with van der Waals surface area (Å²) in [6, 6.07) is 5.98. The van der Waals surface area contributed by atoms with E-state index in [4.69, 9.17) is 5.26 Å². The van der Waals surface area contributed by atoms with Crippen LogP contribution in [0.15, 0.2) is 12.1 Å². The molecule has 1 aliphatic rings. The lowest BCUT2D eigenvalue weighted by Crippen LogP contribution is -1.98. The van der Waals surface area contributed by atoms with Crippen LogP contribution in [0.2, 0.25) is 0 Å². The molecule has 0 unspecified atom stereocenters. The minimum absolute atomic E-state index is 0.599. The van der Waals surface area contributed by atoms with Crippen molar-refractivity contribution in [2.45, 2.75) is 38.5 Å². The first kappa shape index (κ1) is 9.21. The molecule has 0 N–H and O–H groups in total. The van der Waals surface area contributed by atoms with Gasteiger partial charge in [0.05, 0.1) is 11.6 Å². The van der Waals surface area contributed by atoms with Gasteiger partial charge in [0.1, 0.15) is 0 Å². The summed E-state index contributed by atoms with van der Waals surface area (Å²) in [5.41, 5.74) is 2.84. The average Bonchev–Trinajstić information content (AvgIpc) is 2.69. The van der Waals surface area contributed by atoms with Gasteiger partial charge in [-0.05, 0) is 31.9 Å². The molecule has 0 aliphatic heterocycles. The van der Waals surface area contributed by atoms with E-state index in [1.807, 2.05) is 19.1 Å². The molecule has 0 saturated heterocycles. The van der Waals surface area contributed by atoms with E-state index in [1.165, 1.54) is 25.7 Å². The van der Waals surface area contributed by atoms with Crippen LogP contribution in [0.1, 0.15) is 48.6 Å². The Morgan fingerprint density at radius 1 is 1.36 bits per heavy atom. The first-order valence-electron chi connectivity index (χ1n) is 5.18. The van der Waals surface area contributed by atoms with Gasteiger partial charge in [-0.2, -0.15) is 5.26 Å². The number of rotatable bonds is 1. The monoisotopic (exact) mass is 186 g/mol. The Hall–Kier alpha value is -1.36. The van der Waals surface area contributed by atoms with Crippen molar-refractivity contribution in [2.24, 2.45) is 0 Å². The van der Waals surface area contributed by atoms with Gasteiger partial charge in [0.25, 0.3) is 0 Å². The van der Waals surface area contributed by atoms with Gasteiger partial charge in [0.2, 0.25) is 0 Å². The highest BCUT2D eigenvalue weighted by molar-refractivity contribution is 5.33. The first-order valence-corrected chi connectivity index (χ1v) is 5.18. The predicted molar refractivity (Wildman–Crippen MR) is 54.9 cm³/mol. The SMILES string of the molecule is Cc1cc(C#N)cc(C2CCCC2)n1. The molecule has 2 nitrogen and oxygen atoms in total. The van der Waals surface area contributed by atoms with Crippen LogP contribution in [0.25, 0.3) is 0 Å². The average molecular weight is 186 g/mol. The van der Waals surface area contributed by atoms with Gasteiger partial charge >= 0.3 is 0 Å². The van der Waals surface area contributed by atoms with Crippen LogP contribution in [-0.4, -0.2) is 4.98 Å². The van der Waals surface area contributed by atoms with Gasteiger partial charge in [-0.1, -0.05) is 12.8 Å². The van der Waals surface area contributed by atoms with Crippen molar-refractivity contribution in [3.8, 4) is 6.07 Å². The lowest BCUT2D eigenvalue weighted by atomic mass is 10.0. The number of nitriles is 1. The predicted octanol–water partition coefficient (Wildman–Crippen LogP) is 2.92. The lowest BCUT2D eigenvalue weighted by molar-refractivity contribution is 0.694. The first-order chi connectivity index (χ1) is 6.79. The molecular formula is C12H14N2. The number of hydrogen-bond acceptors (Lipinski definition) is 2. The molecular weight excluding hydrogens is 172 g/mol. The van der Waals surface area contributed by atoms with Gasteiger partial charge in [-0.15, -0.1) is 0 Å². The van der Waals surface area contributed by atoms with Crippen LogP contribution in [0, 0.1) is 18.3 Å². The fraction of sp³-hybridized carbons (Fsp3) is 0.500. The summed E-state index contributed by atoms with van der Waals surface area (Å²) in [5, 5.41) is 8.85. The van der Waals surface area contributed by atoms with E-state index < -0.39 is 0 Å². The zero-order valence-corrected chi connectivity index (χ0v) is 8.45. The Morgan fingerprint density at radius 3 is 2.71 bits per heavy atom. The number of aromatic nitrogens is 1. The van der Waals surface area contributed by atoms with Crippen LogP contribution in [0.5, 0.6) is 0 Å². The van der Waals surface area contributed by atoms with Crippen molar-refractivity contribution in [1.29, 1.82) is 5.26 Å². The largest absolute Gasteiger partial charge is 0.258 e.